The molecule has 1 aromatic rings. The van der Waals surface area contributed by atoms with Gasteiger partial charge in [-0.25, -0.2) is 0 Å². The SMILES string of the molecule is CC(C)(C)C[C@H](C(=O)N1C[C@H](N=[N+]=[N-])[C@H]2OCC(=O)[C@H]21)c1cc(N2CCN(C3CC3)CC2)ccc1C(N)=O. The van der Waals surface area contributed by atoms with Gasteiger partial charge in [-0.1, -0.05) is 25.9 Å². The molecular weight excluding hydrogens is 486 g/mol. The summed E-state index contributed by atoms with van der Waals surface area (Å²) in [5, 5.41) is 3.81. The maximum absolute atomic E-state index is 14.3. The molecule has 2 N–H and O–H groups in total. The monoisotopic (exact) mass is 523 g/mol. The standard InChI is InChI=1S/C27H37N7O4/c1-27(2,3)13-20(26(37)34-14-21(30-31-29)24-23(34)22(35)15-38-24)19-12-17(6-7-18(19)25(28)36)33-10-8-32(9-11-33)16-4-5-16/h6-7,12,16,20-21,23-24H,4-5,8-11,13-15H2,1-3H3,(H2,28,36)/t20-,21-,23+,24+/m0/s1. The summed E-state index contributed by atoms with van der Waals surface area (Å²) < 4.78 is 5.62. The van der Waals surface area contributed by atoms with Gasteiger partial charge >= 0.3 is 0 Å². The lowest BCUT2D eigenvalue weighted by Crippen LogP contribution is -2.47. The highest BCUT2D eigenvalue weighted by Gasteiger charge is 2.53. The predicted molar refractivity (Wildman–Crippen MR) is 142 cm³/mol. The fourth-order valence-electron chi connectivity index (χ4n) is 6.21. The summed E-state index contributed by atoms with van der Waals surface area (Å²) in [6, 6.07) is 4.86. The highest BCUT2D eigenvalue weighted by Crippen LogP contribution is 2.39. The molecule has 0 spiro atoms. The van der Waals surface area contributed by atoms with E-state index in [4.69, 9.17) is 16.0 Å². The first-order valence-corrected chi connectivity index (χ1v) is 13.5. The van der Waals surface area contributed by atoms with Crippen LogP contribution in [-0.2, 0) is 14.3 Å². The largest absolute Gasteiger partial charge is 0.369 e. The number of Topliss-reactive ketones (excluding diaryl/α,β-unsaturated/α-hetero) is 1. The fourth-order valence-corrected chi connectivity index (χ4v) is 6.21. The number of fused-ring (bicyclic) bond motifs is 1. The van der Waals surface area contributed by atoms with Crippen molar-refractivity contribution in [1.29, 1.82) is 0 Å². The van der Waals surface area contributed by atoms with Crippen LogP contribution in [0.4, 0.5) is 5.69 Å². The molecule has 4 aliphatic rings. The number of azide groups is 1. The van der Waals surface area contributed by atoms with Gasteiger partial charge in [0.15, 0.2) is 5.78 Å². The van der Waals surface area contributed by atoms with Crippen molar-refractivity contribution in [3.05, 3.63) is 39.8 Å². The summed E-state index contributed by atoms with van der Waals surface area (Å²) in [6.45, 7) is 9.82. The first kappa shape index (κ1) is 26.5. The maximum Gasteiger partial charge on any atom is 0.249 e. The summed E-state index contributed by atoms with van der Waals surface area (Å²) in [7, 11) is 0. The molecule has 1 saturated carbocycles. The van der Waals surface area contributed by atoms with Gasteiger partial charge in [-0.2, -0.15) is 0 Å². The Kier molecular flexibility index (Phi) is 7.11. The van der Waals surface area contributed by atoms with Crippen LogP contribution in [0.5, 0.6) is 0 Å². The first-order chi connectivity index (χ1) is 18.1. The molecule has 3 saturated heterocycles. The number of nitrogens with zero attached hydrogens (tertiary/aromatic N) is 6. The summed E-state index contributed by atoms with van der Waals surface area (Å²) in [6.07, 6.45) is 2.35. The van der Waals surface area contributed by atoms with Crippen LogP contribution in [0.25, 0.3) is 10.4 Å². The number of piperazine rings is 1. The van der Waals surface area contributed by atoms with E-state index in [1.54, 1.807) is 6.07 Å². The number of hydrogen-bond donors (Lipinski definition) is 1. The van der Waals surface area contributed by atoms with E-state index >= 15 is 0 Å². The van der Waals surface area contributed by atoms with Crippen molar-refractivity contribution < 1.29 is 19.1 Å². The smallest absolute Gasteiger partial charge is 0.249 e. The fraction of sp³-hybridized carbons (Fsp3) is 0.667. The van der Waals surface area contributed by atoms with Gasteiger partial charge in [-0.05, 0) is 54.0 Å². The molecular formula is C27H37N7O4. The van der Waals surface area contributed by atoms with Crippen molar-refractivity contribution in [1.82, 2.24) is 9.80 Å². The highest BCUT2D eigenvalue weighted by atomic mass is 16.5. The lowest BCUT2D eigenvalue weighted by Gasteiger charge is -2.37. The molecule has 4 atom stereocenters. The number of hydrogen-bond acceptors (Lipinski definition) is 7. The zero-order valence-electron chi connectivity index (χ0n) is 22.4. The molecule has 0 unspecified atom stereocenters. The van der Waals surface area contributed by atoms with Crippen molar-refractivity contribution in [2.75, 3.05) is 44.2 Å². The number of amides is 2. The summed E-state index contributed by atoms with van der Waals surface area (Å²) in [5.74, 6) is -1.78. The quantitative estimate of drug-likeness (QED) is 0.330. The Labute approximate surface area is 222 Å². The Hall–Kier alpha value is -3.14. The number of rotatable bonds is 7. The Balaban J connectivity index is 1.49. The average molecular weight is 524 g/mol. The van der Waals surface area contributed by atoms with Crippen molar-refractivity contribution in [3.63, 3.8) is 0 Å². The van der Waals surface area contributed by atoms with Crippen LogP contribution in [0, 0.1) is 5.41 Å². The molecule has 5 rings (SSSR count). The topological polar surface area (TPSA) is 145 Å². The predicted octanol–water partition coefficient (Wildman–Crippen LogP) is 2.45. The molecule has 4 fully saturated rings. The zero-order valence-corrected chi connectivity index (χ0v) is 22.4. The van der Waals surface area contributed by atoms with E-state index in [2.05, 4.69) is 19.8 Å². The van der Waals surface area contributed by atoms with Crippen molar-refractivity contribution in [2.45, 2.75) is 70.2 Å². The number of carbonyl (C=O) groups excluding carboxylic acids is 3. The van der Waals surface area contributed by atoms with Crippen molar-refractivity contribution in [3.8, 4) is 0 Å². The van der Waals surface area contributed by atoms with Crippen LogP contribution in [0.15, 0.2) is 23.3 Å². The Morgan fingerprint density at radius 1 is 1.21 bits per heavy atom. The molecule has 0 radical (unpaired) electrons. The van der Waals surface area contributed by atoms with Gasteiger partial charge in [0.25, 0.3) is 0 Å². The molecule has 0 aromatic heterocycles. The van der Waals surface area contributed by atoms with Crippen LogP contribution in [-0.4, -0.2) is 91.0 Å². The van der Waals surface area contributed by atoms with E-state index in [0.717, 1.165) is 37.9 Å². The normalized spacial score (nSPS) is 26.7. The van der Waals surface area contributed by atoms with Crippen molar-refractivity contribution in [2.24, 2.45) is 16.3 Å². The second-order valence-electron chi connectivity index (χ2n) is 12.2. The van der Waals surface area contributed by atoms with E-state index in [9.17, 15) is 14.4 Å². The molecule has 3 heterocycles. The molecule has 1 aliphatic carbocycles. The molecule has 1 aromatic carbocycles. The number of primary amides is 1. The van der Waals surface area contributed by atoms with Gasteiger partial charge in [0.1, 0.15) is 12.6 Å². The van der Waals surface area contributed by atoms with Gasteiger partial charge in [-0.15, -0.1) is 0 Å². The third-order valence-electron chi connectivity index (χ3n) is 8.17. The maximum atomic E-state index is 14.3. The summed E-state index contributed by atoms with van der Waals surface area (Å²) in [5.41, 5.74) is 16.4. The van der Waals surface area contributed by atoms with Crippen LogP contribution < -0.4 is 10.6 Å². The lowest BCUT2D eigenvalue weighted by atomic mass is 9.79. The third-order valence-corrected chi connectivity index (χ3v) is 8.17. The minimum Gasteiger partial charge on any atom is -0.369 e. The molecule has 3 aliphatic heterocycles. The van der Waals surface area contributed by atoms with Gasteiger partial charge in [-0.3, -0.25) is 19.3 Å². The number of ketones is 1. The lowest BCUT2D eigenvalue weighted by molar-refractivity contribution is -0.138. The van der Waals surface area contributed by atoms with Crippen LogP contribution >= 0.6 is 0 Å². The van der Waals surface area contributed by atoms with E-state index in [1.807, 2.05) is 32.9 Å². The molecule has 38 heavy (non-hydrogen) atoms. The average Bonchev–Trinajstić information content (AvgIpc) is 3.57. The van der Waals surface area contributed by atoms with Crippen LogP contribution in [0.3, 0.4) is 0 Å². The van der Waals surface area contributed by atoms with Gasteiger partial charge < -0.3 is 20.3 Å². The Morgan fingerprint density at radius 2 is 1.92 bits per heavy atom. The first-order valence-electron chi connectivity index (χ1n) is 13.5. The number of anilines is 1. The van der Waals surface area contributed by atoms with Crippen LogP contribution in [0.1, 0.15) is 61.9 Å². The second-order valence-corrected chi connectivity index (χ2v) is 12.2. The number of ether oxygens (including phenoxy) is 1. The van der Waals surface area contributed by atoms with Gasteiger partial charge in [0, 0.05) is 54.9 Å². The number of likely N-dealkylation sites (tertiary alicyclic amines) is 1. The van der Waals surface area contributed by atoms with E-state index in [-0.39, 0.29) is 30.3 Å². The highest BCUT2D eigenvalue weighted by molar-refractivity contribution is 5.99. The molecule has 11 heteroatoms. The number of benzene rings is 1. The Bertz CT molecular complexity index is 1160. The van der Waals surface area contributed by atoms with Gasteiger partial charge in [0.05, 0.1) is 18.1 Å². The third kappa shape index (κ3) is 5.23. The molecule has 11 nitrogen and oxygen atoms in total. The Morgan fingerprint density at radius 3 is 2.53 bits per heavy atom. The minimum atomic E-state index is -0.795. The molecule has 204 valence electrons. The summed E-state index contributed by atoms with van der Waals surface area (Å²) >= 11 is 0. The molecule has 0 bridgehead atoms. The number of nitrogens with two attached hydrogens (primary N) is 1. The second kappa shape index (κ2) is 10.2. The number of carbonyl (C=O) groups is 3. The molecule has 2 amide bonds. The van der Waals surface area contributed by atoms with Gasteiger partial charge in [0.2, 0.25) is 11.8 Å². The van der Waals surface area contributed by atoms with E-state index in [1.165, 1.54) is 17.7 Å². The minimum absolute atomic E-state index is 0.0966. The summed E-state index contributed by atoms with van der Waals surface area (Å²) in [4.78, 5) is 48.8. The van der Waals surface area contributed by atoms with Crippen LogP contribution in [0.2, 0.25) is 0 Å². The van der Waals surface area contributed by atoms with E-state index in [0.29, 0.717) is 17.5 Å². The van der Waals surface area contributed by atoms with E-state index < -0.39 is 30.0 Å². The zero-order chi connectivity index (χ0) is 27.2. The van der Waals surface area contributed by atoms with Crippen molar-refractivity contribution >= 4 is 23.3 Å².